The van der Waals surface area contributed by atoms with E-state index in [0.29, 0.717) is 18.7 Å². The van der Waals surface area contributed by atoms with Crippen molar-refractivity contribution in [3.8, 4) is 0 Å². The third-order valence-electron chi connectivity index (χ3n) is 2.80. The number of aromatic carboxylic acids is 1. The number of ether oxygens (including phenoxy) is 1. The van der Waals surface area contributed by atoms with Crippen LogP contribution in [0.3, 0.4) is 0 Å². The fourth-order valence-electron chi connectivity index (χ4n) is 1.71. The monoisotopic (exact) mass is 265 g/mol. The van der Waals surface area contributed by atoms with Gasteiger partial charge in [0.1, 0.15) is 0 Å². The molecule has 0 saturated carbocycles. The van der Waals surface area contributed by atoms with Crippen molar-refractivity contribution in [1.29, 1.82) is 0 Å². The first-order chi connectivity index (χ1) is 8.97. The van der Waals surface area contributed by atoms with Gasteiger partial charge in [0, 0.05) is 25.3 Å². The maximum atomic E-state index is 12.3. The summed E-state index contributed by atoms with van der Waals surface area (Å²) in [5.74, 6) is -1.12. The summed E-state index contributed by atoms with van der Waals surface area (Å²) in [6, 6.07) is 6.00. The summed E-state index contributed by atoms with van der Waals surface area (Å²) < 4.78 is 4.99. The summed E-state index contributed by atoms with van der Waals surface area (Å²) in [7, 11) is 1.59. The van der Waals surface area contributed by atoms with Gasteiger partial charge in [-0.25, -0.2) is 4.79 Å². The molecule has 0 aliphatic heterocycles. The minimum absolute atomic E-state index is 0.0572. The molecule has 0 heterocycles. The molecule has 1 amide bonds. The molecule has 19 heavy (non-hydrogen) atoms. The average Bonchev–Trinajstić information content (AvgIpc) is 2.38. The number of benzene rings is 1. The van der Waals surface area contributed by atoms with Gasteiger partial charge in [0.25, 0.3) is 5.91 Å². The highest BCUT2D eigenvalue weighted by Gasteiger charge is 2.18. The van der Waals surface area contributed by atoms with Crippen LogP contribution < -0.4 is 0 Å². The highest BCUT2D eigenvalue weighted by atomic mass is 16.5. The second-order valence-electron chi connectivity index (χ2n) is 4.47. The van der Waals surface area contributed by atoms with E-state index in [2.05, 4.69) is 0 Å². The summed E-state index contributed by atoms with van der Waals surface area (Å²) in [5.41, 5.74) is 0.652. The lowest BCUT2D eigenvalue weighted by Crippen LogP contribution is -2.39. The molecule has 1 rings (SSSR count). The minimum Gasteiger partial charge on any atom is -0.478 e. The van der Waals surface area contributed by atoms with Gasteiger partial charge in [-0.05, 0) is 38.1 Å². The number of carboxylic acids is 1. The SMILES string of the molecule is COCCN(C(=O)c1ccc(C(=O)O)cc1)C(C)C. The maximum absolute atomic E-state index is 12.3. The topological polar surface area (TPSA) is 66.8 Å². The van der Waals surface area contributed by atoms with E-state index in [9.17, 15) is 9.59 Å². The summed E-state index contributed by atoms with van der Waals surface area (Å²) in [4.78, 5) is 24.7. The van der Waals surface area contributed by atoms with Gasteiger partial charge in [0.2, 0.25) is 0 Å². The standard InChI is InChI=1S/C14H19NO4/c1-10(2)15(8-9-19-3)13(16)11-4-6-12(7-5-11)14(17)18/h4-7,10H,8-9H2,1-3H3,(H,17,18). The Morgan fingerprint density at radius 1 is 1.21 bits per heavy atom. The highest BCUT2D eigenvalue weighted by molar-refractivity contribution is 5.96. The first kappa shape index (κ1) is 15.2. The Labute approximate surface area is 112 Å². The van der Waals surface area contributed by atoms with Crippen molar-refractivity contribution in [3.05, 3.63) is 35.4 Å². The van der Waals surface area contributed by atoms with E-state index in [4.69, 9.17) is 9.84 Å². The van der Waals surface area contributed by atoms with Crippen LogP contribution in [0.15, 0.2) is 24.3 Å². The van der Waals surface area contributed by atoms with Crippen LogP contribution in [-0.4, -0.2) is 48.2 Å². The minimum atomic E-state index is -1.00. The lowest BCUT2D eigenvalue weighted by atomic mass is 10.1. The zero-order valence-electron chi connectivity index (χ0n) is 11.4. The molecular weight excluding hydrogens is 246 g/mol. The predicted octanol–water partition coefficient (Wildman–Crippen LogP) is 1.88. The van der Waals surface area contributed by atoms with Crippen LogP contribution in [0.2, 0.25) is 0 Å². The second-order valence-corrected chi connectivity index (χ2v) is 4.47. The Balaban J connectivity index is 2.87. The van der Waals surface area contributed by atoms with E-state index in [1.807, 2.05) is 13.8 Å². The molecule has 0 saturated heterocycles. The molecule has 5 nitrogen and oxygen atoms in total. The van der Waals surface area contributed by atoms with Crippen molar-refractivity contribution < 1.29 is 19.4 Å². The fraction of sp³-hybridized carbons (Fsp3) is 0.429. The molecule has 5 heteroatoms. The Morgan fingerprint density at radius 2 is 1.74 bits per heavy atom. The third-order valence-corrected chi connectivity index (χ3v) is 2.80. The summed E-state index contributed by atoms with van der Waals surface area (Å²) in [6.07, 6.45) is 0. The molecule has 1 aromatic carbocycles. The maximum Gasteiger partial charge on any atom is 0.335 e. The van der Waals surface area contributed by atoms with E-state index in [1.165, 1.54) is 24.3 Å². The molecule has 1 aromatic rings. The molecule has 104 valence electrons. The number of carbonyl (C=O) groups is 2. The summed E-state index contributed by atoms with van der Waals surface area (Å²) in [6.45, 7) is 4.84. The van der Waals surface area contributed by atoms with Gasteiger partial charge in [-0.15, -0.1) is 0 Å². The number of amides is 1. The molecule has 0 radical (unpaired) electrons. The first-order valence-electron chi connectivity index (χ1n) is 6.10. The number of hydrogen-bond acceptors (Lipinski definition) is 3. The normalized spacial score (nSPS) is 10.5. The molecule has 0 aliphatic rings. The molecule has 0 bridgehead atoms. The number of rotatable bonds is 6. The molecule has 0 spiro atoms. The lowest BCUT2D eigenvalue weighted by Gasteiger charge is -2.26. The van der Waals surface area contributed by atoms with E-state index in [0.717, 1.165) is 0 Å². The van der Waals surface area contributed by atoms with Gasteiger partial charge >= 0.3 is 5.97 Å². The highest BCUT2D eigenvalue weighted by Crippen LogP contribution is 2.10. The van der Waals surface area contributed by atoms with Crippen molar-refractivity contribution in [2.24, 2.45) is 0 Å². The quantitative estimate of drug-likeness (QED) is 0.852. The molecule has 0 aromatic heterocycles. The van der Waals surface area contributed by atoms with Crippen LogP contribution >= 0.6 is 0 Å². The number of methoxy groups -OCH3 is 1. The van der Waals surface area contributed by atoms with Crippen molar-refractivity contribution in [3.63, 3.8) is 0 Å². The van der Waals surface area contributed by atoms with Crippen molar-refractivity contribution in [2.45, 2.75) is 19.9 Å². The number of carbonyl (C=O) groups excluding carboxylic acids is 1. The van der Waals surface area contributed by atoms with E-state index >= 15 is 0 Å². The van der Waals surface area contributed by atoms with Crippen molar-refractivity contribution in [2.75, 3.05) is 20.3 Å². The van der Waals surface area contributed by atoms with Crippen molar-refractivity contribution in [1.82, 2.24) is 4.90 Å². The Morgan fingerprint density at radius 3 is 2.16 bits per heavy atom. The zero-order valence-corrected chi connectivity index (χ0v) is 11.4. The average molecular weight is 265 g/mol. The summed E-state index contributed by atoms with van der Waals surface area (Å²) in [5, 5.41) is 8.82. The molecule has 0 aliphatic carbocycles. The Bertz CT molecular complexity index is 439. The summed E-state index contributed by atoms with van der Waals surface area (Å²) >= 11 is 0. The van der Waals surface area contributed by atoms with Gasteiger partial charge in [-0.3, -0.25) is 4.79 Å². The van der Waals surface area contributed by atoms with Crippen LogP contribution in [0, 0.1) is 0 Å². The van der Waals surface area contributed by atoms with Crippen molar-refractivity contribution >= 4 is 11.9 Å². The Kier molecular flexibility index (Phi) is 5.51. The second kappa shape index (κ2) is 6.89. The van der Waals surface area contributed by atoms with Gasteiger partial charge < -0.3 is 14.7 Å². The lowest BCUT2D eigenvalue weighted by molar-refractivity contribution is 0.0632. The van der Waals surface area contributed by atoms with E-state index in [-0.39, 0.29) is 17.5 Å². The molecule has 0 atom stereocenters. The van der Waals surface area contributed by atoms with Crippen LogP contribution in [0.25, 0.3) is 0 Å². The predicted molar refractivity (Wildman–Crippen MR) is 71.4 cm³/mol. The van der Waals surface area contributed by atoms with Crippen LogP contribution in [-0.2, 0) is 4.74 Å². The molecular formula is C14H19NO4. The van der Waals surface area contributed by atoms with Crippen LogP contribution in [0.5, 0.6) is 0 Å². The van der Waals surface area contributed by atoms with E-state index < -0.39 is 5.97 Å². The van der Waals surface area contributed by atoms with Crippen LogP contribution in [0.1, 0.15) is 34.6 Å². The van der Waals surface area contributed by atoms with Gasteiger partial charge in [0.15, 0.2) is 0 Å². The molecule has 0 fully saturated rings. The zero-order chi connectivity index (χ0) is 14.4. The molecule has 1 N–H and O–H groups in total. The third kappa shape index (κ3) is 4.06. The van der Waals surface area contributed by atoms with Gasteiger partial charge in [-0.1, -0.05) is 0 Å². The van der Waals surface area contributed by atoms with Gasteiger partial charge in [0.05, 0.1) is 12.2 Å². The fourth-order valence-corrected chi connectivity index (χ4v) is 1.71. The van der Waals surface area contributed by atoms with Gasteiger partial charge in [-0.2, -0.15) is 0 Å². The largest absolute Gasteiger partial charge is 0.478 e. The molecule has 0 unspecified atom stereocenters. The number of carboxylic acid groups (broad SMARTS) is 1. The Hall–Kier alpha value is -1.88. The van der Waals surface area contributed by atoms with Crippen LogP contribution in [0.4, 0.5) is 0 Å². The number of hydrogen-bond donors (Lipinski definition) is 1. The van der Waals surface area contributed by atoms with E-state index in [1.54, 1.807) is 12.0 Å². The number of nitrogens with zero attached hydrogens (tertiary/aromatic N) is 1. The first-order valence-corrected chi connectivity index (χ1v) is 6.10. The smallest absolute Gasteiger partial charge is 0.335 e.